The molecule has 0 radical (unpaired) electrons. The van der Waals surface area contributed by atoms with Gasteiger partial charge >= 0.3 is 0 Å². The number of sulfonamides is 1. The molecule has 146 valence electrons. The number of rotatable bonds is 6. The van der Waals surface area contributed by atoms with Gasteiger partial charge in [0.25, 0.3) is 15.9 Å². The van der Waals surface area contributed by atoms with E-state index in [1.54, 1.807) is 28.2 Å². The van der Waals surface area contributed by atoms with Crippen LogP contribution in [-0.2, 0) is 21.2 Å². The summed E-state index contributed by atoms with van der Waals surface area (Å²) in [6, 6.07) is 9.97. The van der Waals surface area contributed by atoms with Gasteiger partial charge in [0.1, 0.15) is 5.84 Å². The molecule has 0 unspecified atom stereocenters. The lowest BCUT2D eigenvalue weighted by Crippen LogP contribution is -2.41. The molecule has 0 aromatic heterocycles. The molecule has 9 heteroatoms. The van der Waals surface area contributed by atoms with Crippen molar-refractivity contribution in [3.63, 3.8) is 0 Å². The molecule has 7 nitrogen and oxygen atoms in total. The van der Waals surface area contributed by atoms with Crippen LogP contribution in [0.15, 0.2) is 58.7 Å². The van der Waals surface area contributed by atoms with Crippen LogP contribution in [0.25, 0.3) is 0 Å². The van der Waals surface area contributed by atoms with Crippen molar-refractivity contribution < 1.29 is 13.2 Å². The predicted molar refractivity (Wildman–Crippen MR) is 108 cm³/mol. The lowest BCUT2D eigenvalue weighted by molar-refractivity contribution is -0.126. The molecule has 0 fully saturated rings. The summed E-state index contributed by atoms with van der Waals surface area (Å²) in [5.41, 5.74) is 7.34. The van der Waals surface area contributed by atoms with Crippen LogP contribution in [0.3, 0.4) is 0 Å². The summed E-state index contributed by atoms with van der Waals surface area (Å²) >= 11 is 0. The van der Waals surface area contributed by atoms with E-state index in [4.69, 9.17) is 5.73 Å². The molecule has 2 aliphatic heterocycles. The summed E-state index contributed by atoms with van der Waals surface area (Å²) in [4.78, 5) is 16.3. The van der Waals surface area contributed by atoms with Crippen molar-refractivity contribution in [3.05, 3.63) is 59.8 Å². The highest BCUT2D eigenvalue weighted by Crippen LogP contribution is 2.17. The van der Waals surface area contributed by atoms with Gasteiger partial charge < -0.3 is 15.5 Å². The number of nitrogens with zero attached hydrogens (tertiary/aromatic N) is 3. The standard InChI is InChI=1S/C18H22N4O3S.ClH/c19-9-11-21(10-8-15-4-2-1-3-5-15)18(23)16-6-7-17-20-26(24,25)13-12-22(17)14-16;/h1-7,14H,8-13,19H2;1H. The van der Waals surface area contributed by atoms with Gasteiger partial charge in [-0.15, -0.1) is 16.8 Å². The van der Waals surface area contributed by atoms with E-state index >= 15 is 0 Å². The van der Waals surface area contributed by atoms with Crippen LogP contribution in [0.1, 0.15) is 5.56 Å². The van der Waals surface area contributed by atoms with Crippen LogP contribution >= 0.6 is 12.4 Å². The van der Waals surface area contributed by atoms with E-state index < -0.39 is 10.0 Å². The zero-order chi connectivity index (χ0) is 18.6. The van der Waals surface area contributed by atoms with E-state index in [2.05, 4.69) is 4.40 Å². The molecule has 0 saturated carbocycles. The maximum Gasteiger partial charge on any atom is 0.256 e. The Hall–Kier alpha value is -2.16. The number of fused-ring (bicyclic) bond motifs is 1. The van der Waals surface area contributed by atoms with Gasteiger partial charge in [-0.1, -0.05) is 30.3 Å². The van der Waals surface area contributed by atoms with Crippen molar-refractivity contribution in [3.8, 4) is 0 Å². The van der Waals surface area contributed by atoms with Crippen LogP contribution in [0, 0.1) is 0 Å². The van der Waals surface area contributed by atoms with Gasteiger partial charge in [-0.05, 0) is 24.1 Å². The molecular formula is C18H23ClN4O3S. The van der Waals surface area contributed by atoms with Crippen molar-refractivity contribution >= 4 is 34.2 Å². The first-order chi connectivity index (χ1) is 12.5. The Bertz CT molecular complexity index is 866. The molecule has 0 saturated heterocycles. The maximum atomic E-state index is 12.9. The third-order valence-corrected chi connectivity index (χ3v) is 5.43. The summed E-state index contributed by atoms with van der Waals surface area (Å²) in [5.74, 6) is 0.181. The SMILES string of the molecule is Cl.NCCN(CCc1ccccc1)C(=O)C1=CN2CCS(=O)(=O)N=C2C=C1. The minimum atomic E-state index is -3.40. The monoisotopic (exact) mass is 410 g/mol. The first-order valence-electron chi connectivity index (χ1n) is 8.51. The van der Waals surface area contributed by atoms with E-state index in [1.807, 2.05) is 30.3 Å². The Morgan fingerprint density at radius 3 is 2.63 bits per heavy atom. The Balaban J connectivity index is 0.00000261. The molecule has 0 atom stereocenters. The normalized spacial score (nSPS) is 17.3. The summed E-state index contributed by atoms with van der Waals surface area (Å²) in [5, 5.41) is 0. The van der Waals surface area contributed by atoms with Crippen molar-refractivity contribution in [1.29, 1.82) is 0 Å². The van der Waals surface area contributed by atoms with E-state index in [9.17, 15) is 13.2 Å². The van der Waals surface area contributed by atoms with Gasteiger partial charge in [-0.25, -0.2) is 8.42 Å². The first-order valence-corrected chi connectivity index (χ1v) is 10.1. The average molecular weight is 411 g/mol. The number of amidine groups is 1. The molecule has 1 aromatic carbocycles. The van der Waals surface area contributed by atoms with Crippen LogP contribution in [0.2, 0.25) is 0 Å². The third kappa shape index (κ3) is 5.41. The molecule has 2 heterocycles. The number of nitrogens with two attached hydrogens (primary N) is 1. The van der Waals surface area contributed by atoms with Crippen molar-refractivity contribution in [2.24, 2.45) is 10.1 Å². The fraction of sp³-hybridized carbons (Fsp3) is 0.333. The molecule has 1 amide bonds. The predicted octanol–water partition coefficient (Wildman–Crippen LogP) is 0.936. The lowest BCUT2D eigenvalue weighted by atomic mass is 10.1. The molecule has 2 N–H and O–H groups in total. The summed E-state index contributed by atoms with van der Waals surface area (Å²) in [7, 11) is -3.40. The van der Waals surface area contributed by atoms with Gasteiger partial charge in [0.15, 0.2) is 0 Å². The highest BCUT2D eigenvalue weighted by Gasteiger charge is 2.26. The molecule has 2 aliphatic rings. The van der Waals surface area contributed by atoms with E-state index in [0.29, 0.717) is 37.6 Å². The zero-order valence-electron chi connectivity index (χ0n) is 14.8. The van der Waals surface area contributed by atoms with Crippen LogP contribution in [0.4, 0.5) is 0 Å². The quantitative estimate of drug-likeness (QED) is 0.752. The minimum absolute atomic E-state index is 0. The Morgan fingerprint density at radius 2 is 1.93 bits per heavy atom. The second-order valence-electron chi connectivity index (χ2n) is 6.16. The first kappa shape index (κ1) is 21.1. The molecule has 1 aromatic rings. The smallest absolute Gasteiger partial charge is 0.256 e. The Morgan fingerprint density at radius 1 is 1.19 bits per heavy atom. The molecule has 3 rings (SSSR count). The zero-order valence-corrected chi connectivity index (χ0v) is 16.5. The summed E-state index contributed by atoms with van der Waals surface area (Å²) in [6.45, 7) is 1.71. The van der Waals surface area contributed by atoms with E-state index in [-0.39, 0.29) is 24.1 Å². The van der Waals surface area contributed by atoms with Gasteiger partial charge in [0.05, 0.1) is 11.3 Å². The fourth-order valence-corrected chi connectivity index (χ4v) is 3.86. The number of hydrogen-bond acceptors (Lipinski definition) is 5. The average Bonchev–Trinajstić information content (AvgIpc) is 2.64. The topological polar surface area (TPSA) is 96.1 Å². The molecular weight excluding hydrogens is 388 g/mol. The number of carbonyl (C=O) groups excluding carboxylic acids is 1. The number of halogens is 1. The molecule has 0 spiro atoms. The maximum absolute atomic E-state index is 12.9. The van der Waals surface area contributed by atoms with Crippen molar-refractivity contribution in [1.82, 2.24) is 9.80 Å². The number of benzene rings is 1. The Labute approximate surface area is 165 Å². The summed E-state index contributed by atoms with van der Waals surface area (Å²) < 4.78 is 26.9. The molecule has 27 heavy (non-hydrogen) atoms. The molecule has 0 bridgehead atoms. The Kier molecular flexibility index (Phi) is 7.18. The van der Waals surface area contributed by atoms with Gasteiger partial charge in [0.2, 0.25) is 0 Å². The highest BCUT2D eigenvalue weighted by molar-refractivity contribution is 7.90. The van der Waals surface area contributed by atoms with Crippen LogP contribution in [0.5, 0.6) is 0 Å². The van der Waals surface area contributed by atoms with E-state index in [0.717, 1.165) is 12.0 Å². The minimum Gasteiger partial charge on any atom is -0.337 e. The second-order valence-corrected chi connectivity index (χ2v) is 7.92. The number of amides is 1. The van der Waals surface area contributed by atoms with Crippen LogP contribution in [-0.4, -0.2) is 61.9 Å². The highest BCUT2D eigenvalue weighted by atomic mass is 35.5. The number of carbonyl (C=O) groups is 1. The van der Waals surface area contributed by atoms with Gasteiger partial charge in [0, 0.05) is 32.4 Å². The summed E-state index contributed by atoms with van der Waals surface area (Å²) in [6.07, 6.45) is 5.60. The van der Waals surface area contributed by atoms with E-state index in [1.165, 1.54) is 0 Å². The van der Waals surface area contributed by atoms with Crippen molar-refractivity contribution in [2.45, 2.75) is 6.42 Å². The third-order valence-electron chi connectivity index (χ3n) is 4.27. The van der Waals surface area contributed by atoms with Gasteiger partial charge in [-0.2, -0.15) is 0 Å². The second kappa shape index (κ2) is 9.16. The lowest BCUT2D eigenvalue weighted by Gasteiger charge is -2.29. The largest absolute Gasteiger partial charge is 0.337 e. The molecule has 0 aliphatic carbocycles. The van der Waals surface area contributed by atoms with Crippen LogP contribution < -0.4 is 5.73 Å². The fourth-order valence-electron chi connectivity index (χ4n) is 2.89. The van der Waals surface area contributed by atoms with Gasteiger partial charge in [-0.3, -0.25) is 4.79 Å². The van der Waals surface area contributed by atoms with Crippen molar-refractivity contribution in [2.75, 3.05) is 31.9 Å². The number of hydrogen-bond donors (Lipinski definition) is 1.